The average Bonchev–Trinajstić information content (AvgIpc) is 2.68. The van der Waals surface area contributed by atoms with Crippen LogP contribution in [-0.4, -0.2) is 54.3 Å². The van der Waals surface area contributed by atoms with Crippen LogP contribution in [0.3, 0.4) is 0 Å². The number of benzene rings is 2. The van der Waals surface area contributed by atoms with Gasteiger partial charge in [-0.25, -0.2) is 0 Å². The molecule has 2 aromatic rings. The predicted octanol–water partition coefficient (Wildman–Crippen LogP) is 2.83. The molecule has 0 saturated carbocycles. The third-order valence-corrected chi connectivity index (χ3v) is 4.81. The Morgan fingerprint density at radius 3 is 2.17 bits per heavy atom. The quantitative estimate of drug-likeness (QED) is 0.679. The highest BCUT2D eigenvalue weighted by atomic mass is 35.5. The van der Waals surface area contributed by atoms with Gasteiger partial charge < -0.3 is 16.0 Å². The van der Waals surface area contributed by atoms with Gasteiger partial charge in [0.1, 0.15) is 0 Å². The number of aryl methyl sites for hydroxylation is 1. The van der Waals surface area contributed by atoms with Crippen molar-refractivity contribution < 1.29 is 9.59 Å². The molecule has 1 fully saturated rings. The van der Waals surface area contributed by atoms with E-state index in [0.29, 0.717) is 45.6 Å². The third kappa shape index (κ3) is 7.57. The number of anilines is 2. The first-order valence-corrected chi connectivity index (χ1v) is 9.30. The number of hydrogen-bond acceptors (Lipinski definition) is 4. The van der Waals surface area contributed by atoms with E-state index in [0.717, 1.165) is 16.9 Å². The number of piperazine rings is 1. The van der Waals surface area contributed by atoms with Gasteiger partial charge in [0.25, 0.3) is 0 Å². The summed E-state index contributed by atoms with van der Waals surface area (Å²) in [5.74, 6) is 0.118. The Morgan fingerprint density at radius 2 is 1.52 bits per heavy atom. The third-order valence-electron chi connectivity index (χ3n) is 4.81. The molecule has 3 N–H and O–H groups in total. The first-order valence-electron chi connectivity index (χ1n) is 9.30. The maximum Gasteiger partial charge on any atom is 0.238 e. The Labute approximate surface area is 184 Å². The van der Waals surface area contributed by atoms with Crippen molar-refractivity contribution in [1.82, 2.24) is 9.80 Å². The molecular formula is C21H28Cl2N4O2. The molecule has 1 aliphatic heterocycles. The Balaban J connectivity index is 0.00000210. The molecule has 0 atom stereocenters. The molecule has 0 radical (unpaired) electrons. The van der Waals surface area contributed by atoms with Crippen molar-refractivity contribution in [2.45, 2.75) is 12.8 Å². The second-order valence-corrected chi connectivity index (χ2v) is 6.77. The summed E-state index contributed by atoms with van der Waals surface area (Å²) in [5, 5.41) is 2.89. The smallest absolute Gasteiger partial charge is 0.238 e. The highest BCUT2D eigenvalue weighted by Gasteiger charge is 2.22. The Hall–Kier alpha value is -2.28. The molecule has 8 heteroatoms. The summed E-state index contributed by atoms with van der Waals surface area (Å²) in [6.07, 6.45) is 1.12. The molecule has 0 spiro atoms. The molecule has 3 rings (SSSR count). The maximum atomic E-state index is 12.4. The lowest BCUT2D eigenvalue weighted by molar-refractivity contribution is -0.133. The Morgan fingerprint density at radius 1 is 0.897 bits per heavy atom. The normalized spacial score (nSPS) is 13.7. The molecule has 0 aromatic heterocycles. The van der Waals surface area contributed by atoms with Crippen molar-refractivity contribution in [3.63, 3.8) is 0 Å². The lowest BCUT2D eigenvalue weighted by Gasteiger charge is -2.34. The highest BCUT2D eigenvalue weighted by Crippen LogP contribution is 2.14. The zero-order valence-electron chi connectivity index (χ0n) is 16.3. The zero-order valence-corrected chi connectivity index (χ0v) is 17.9. The minimum absolute atomic E-state index is 0. The standard InChI is InChI=1S/C21H26N4O2.2ClH/c22-19-9-5-4-6-17(19)10-11-21(27)25-14-12-24(13-15-25)16-20(26)23-18-7-2-1-3-8-18;;/h1-9H,10-16,22H2,(H,23,26);2*1H. The summed E-state index contributed by atoms with van der Waals surface area (Å²) in [5.41, 5.74) is 8.49. The number of nitrogens with two attached hydrogens (primary N) is 1. The molecule has 158 valence electrons. The number of carbonyl (C=O) groups is 2. The van der Waals surface area contributed by atoms with Crippen molar-refractivity contribution >= 4 is 48.0 Å². The number of para-hydroxylation sites is 2. The van der Waals surface area contributed by atoms with Crippen LogP contribution in [0, 0.1) is 0 Å². The van der Waals surface area contributed by atoms with Crippen molar-refractivity contribution in [1.29, 1.82) is 0 Å². The van der Waals surface area contributed by atoms with E-state index in [1.165, 1.54) is 0 Å². The maximum absolute atomic E-state index is 12.4. The van der Waals surface area contributed by atoms with Crippen LogP contribution < -0.4 is 11.1 Å². The topological polar surface area (TPSA) is 78.7 Å². The molecule has 6 nitrogen and oxygen atoms in total. The fourth-order valence-corrected chi connectivity index (χ4v) is 3.24. The van der Waals surface area contributed by atoms with Crippen LogP contribution in [0.4, 0.5) is 11.4 Å². The van der Waals surface area contributed by atoms with Gasteiger partial charge in [-0.2, -0.15) is 0 Å². The number of hydrogen-bond donors (Lipinski definition) is 2. The number of carbonyl (C=O) groups excluding carboxylic acids is 2. The number of amides is 2. The largest absolute Gasteiger partial charge is 0.399 e. The molecule has 0 aliphatic carbocycles. The van der Waals surface area contributed by atoms with Crippen LogP contribution in [0.25, 0.3) is 0 Å². The number of rotatable bonds is 6. The van der Waals surface area contributed by atoms with Crippen molar-refractivity contribution in [2.24, 2.45) is 0 Å². The van der Waals surface area contributed by atoms with Gasteiger partial charge in [-0.3, -0.25) is 14.5 Å². The Bertz CT molecular complexity index is 781. The first-order chi connectivity index (χ1) is 13.1. The SMILES string of the molecule is Cl.Cl.Nc1ccccc1CCC(=O)N1CCN(CC(=O)Nc2ccccc2)CC1. The molecule has 0 bridgehead atoms. The molecule has 29 heavy (non-hydrogen) atoms. The zero-order chi connectivity index (χ0) is 19.1. The Kier molecular flexibility index (Phi) is 10.5. The second kappa shape index (κ2) is 12.3. The number of nitrogens with zero attached hydrogens (tertiary/aromatic N) is 2. The molecule has 2 aromatic carbocycles. The molecule has 1 saturated heterocycles. The summed E-state index contributed by atoms with van der Waals surface area (Å²) >= 11 is 0. The van der Waals surface area contributed by atoms with Gasteiger partial charge in [-0.1, -0.05) is 36.4 Å². The molecule has 1 heterocycles. The van der Waals surface area contributed by atoms with Crippen LogP contribution >= 0.6 is 24.8 Å². The van der Waals surface area contributed by atoms with E-state index < -0.39 is 0 Å². The molecule has 0 unspecified atom stereocenters. The van der Waals surface area contributed by atoms with Gasteiger partial charge in [0.15, 0.2) is 0 Å². The van der Waals surface area contributed by atoms with Crippen LogP contribution in [0.2, 0.25) is 0 Å². The van der Waals surface area contributed by atoms with Gasteiger partial charge in [-0.15, -0.1) is 24.8 Å². The summed E-state index contributed by atoms with van der Waals surface area (Å²) in [4.78, 5) is 28.5. The lowest BCUT2D eigenvalue weighted by atomic mass is 10.1. The van der Waals surface area contributed by atoms with Crippen LogP contribution in [0.5, 0.6) is 0 Å². The van der Waals surface area contributed by atoms with Crippen molar-refractivity contribution in [3.8, 4) is 0 Å². The van der Waals surface area contributed by atoms with Crippen LogP contribution in [-0.2, 0) is 16.0 Å². The van der Waals surface area contributed by atoms with Crippen molar-refractivity contribution in [3.05, 3.63) is 60.2 Å². The van der Waals surface area contributed by atoms with Gasteiger partial charge in [-0.05, 0) is 30.2 Å². The van der Waals surface area contributed by atoms with E-state index in [1.807, 2.05) is 59.5 Å². The number of nitrogen functional groups attached to an aromatic ring is 1. The van der Waals surface area contributed by atoms with Gasteiger partial charge >= 0.3 is 0 Å². The van der Waals surface area contributed by atoms with E-state index >= 15 is 0 Å². The van der Waals surface area contributed by atoms with Gasteiger partial charge in [0.2, 0.25) is 11.8 Å². The first kappa shape index (κ1) is 24.8. The monoisotopic (exact) mass is 438 g/mol. The summed E-state index contributed by atoms with van der Waals surface area (Å²) in [6, 6.07) is 17.1. The summed E-state index contributed by atoms with van der Waals surface area (Å²) in [7, 11) is 0. The van der Waals surface area contributed by atoms with E-state index in [2.05, 4.69) is 10.2 Å². The summed E-state index contributed by atoms with van der Waals surface area (Å²) in [6.45, 7) is 3.07. The minimum atomic E-state index is -0.0273. The molecule has 2 amide bonds. The van der Waals surface area contributed by atoms with Gasteiger partial charge in [0, 0.05) is 44.0 Å². The minimum Gasteiger partial charge on any atom is -0.399 e. The number of nitrogens with one attached hydrogen (secondary N) is 1. The number of halogens is 2. The van der Waals surface area contributed by atoms with E-state index in [4.69, 9.17) is 5.73 Å². The fraction of sp³-hybridized carbons (Fsp3) is 0.333. The van der Waals surface area contributed by atoms with Crippen LogP contribution in [0.1, 0.15) is 12.0 Å². The molecular weight excluding hydrogens is 411 g/mol. The predicted molar refractivity (Wildman–Crippen MR) is 122 cm³/mol. The average molecular weight is 439 g/mol. The highest BCUT2D eigenvalue weighted by molar-refractivity contribution is 5.92. The summed E-state index contributed by atoms with van der Waals surface area (Å²) < 4.78 is 0. The lowest BCUT2D eigenvalue weighted by Crippen LogP contribution is -2.50. The fourth-order valence-electron chi connectivity index (χ4n) is 3.24. The van der Waals surface area contributed by atoms with Crippen LogP contribution in [0.15, 0.2) is 54.6 Å². The van der Waals surface area contributed by atoms with E-state index in [1.54, 1.807) is 0 Å². The van der Waals surface area contributed by atoms with Gasteiger partial charge in [0.05, 0.1) is 6.54 Å². The van der Waals surface area contributed by atoms with E-state index in [-0.39, 0.29) is 36.6 Å². The molecule has 1 aliphatic rings. The van der Waals surface area contributed by atoms with Crippen molar-refractivity contribution in [2.75, 3.05) is 43.8 Å². The second-order valence-electron chi connectivity index (χ2n) is 6.77. The van der Waals surface area contributed by atoms with E-state index in [9.17, 15) is 9.59 Å².